The molecule has 0 aromatic carbocycles. The quantitative estimate of drug-likeness (QED) is 0.841. The zero-order valence-corrected chi connectivity index (χ0v) is 9.67. The minimum atomic E-state index is -0.728. The van der Waals surface area contributed by atoms with Gasteiger partial charge in [-0.25, -0.2) is 4.98 Å². The molecule has 0 atom stereocenters. The summed E-state index contributed by atoms with van der Waals surface area (Å²) in [5, 5.41) is 9.87. The molecule has 0 radical (unpaired) electrons. The van der Waals surface area contributed by atoms with Gasteiger partial charge in [0.2, 0.25) is 0 Å². The lowest BCUT2D eigenvalue weighted by molar-refractivity contribution is -0.140. The highest BCUT2D eigenvalue weighted by atomic mass is 32.1. The van der Waals surface area contributed by atoms with Crippen molar-refractivity contribution in [2.24, 2.45) is 0 Å². The number of hydrogen-bond acceptors (Lipinski definition) is 4. The van der Waals surface area contributed by atoms with Gasteiger partial charge in [-0.1, -0.05) is 0 Å². The zero-order valence-electron chi connectivity index (χ0n) is 8.86. The molecule has 2 rings (SSSR count). The predicted octanol–water partition coefficient (Wildman–Crippen LogP) is 1.32. The third-order valence-electron chi connectivity index (χ3n) is 2.59. The van der Waals surface area contributed by atoms with Crippen molar-refractivity contribution in [1.82, 2.24) is 9.88 Å². The summed E-state index contributed by atoms with van der Waals surface area (Å²) < 4.78 is 0. The molecule has 1 fully saturated rings. The fourth-order valence-corrected chi connectivity index (χ4v) is 2.83. The first-order valence-corrected chi connectivity index (χ1v) is 5.69. The number of hydrogen-bond donors (Lipinski definition) is 1. The Kier molecular flexibility index (Phi) is 2.52. The molecule has 1 heterocycles. The molecule has 0 aliphatic heterocycles. The van der Waals surface area contributed by atoms with E-state index in [9.17, 15) is 4.79 Å². The Bertz CT molecular complexity index is 383. The molecule has 1 saturated carbocycles. The highest BCUT2D eigenvalue weighted by Crippen LogP contribution is 2.49. The Morgan fingerprint density at radius 3 is 2.80 bits per heavy atom. The number of nitrogens with zero attached hydrogens (tertiary/aromatic N) is 2. The van der Waals surface area contributed by atoms with Crippen molar-refractivity contribution < 1.29 is 9.90 Å². The first-order chi connectivity index (χ1) is 7.04. The fourth-order valence-electron chi connectivity index (χ4n) is 1.56. The molecule has 0 unspecified atom stereocenters. The Balaban J connectivity index is 2.17. The average Bonchev–Trinajstić information content (AvgIpc) is 2.83. The summed E-state index contributed by atoms with van der Waals surface area (Å²) in [5.41, 5.74) is -0.644. The minimum Gasteiger partial charge on any atom is -0.481 e. The van der Waals surface area contributed by atoms with Crippen LogP contribution in [0.5, 0.6) is 0 Å². The second kappa shape index (κ2) is 3.57. The standard InChI is InChI=1S/C10H14N2O2S/c1-12(2)6-7-5-11-8(15-7)10(3-4-10)9(13)14/h5H,3-4,6H2,1-2H3,(H,13,14). The van der Waals surface area contributed by atoms with Crippen molar-refractivity contribution >= 4 is 17.3 Å². The molecular weight excluding hydrogens is 212 g/mol. The first-order valence-electron chi connectivity index (χ1n) is 4.88. The van der Waals surface area contributed by atoms with Gasteiger partial charge in [0.05, 0.1) is 0 Å². The Morgan fingerprint density at radius 1 is 1.67 bits per heavy atom. The molecule has 1 aromatic rings. The molecule has 5 heteroatoms. The van der Waals surface area contributed by atoms with Crippen LogP contribution in [-0.4, -0.2) is 35.1 Å². The molecule has 0 saturated heterocycles. The lowest BCUT2D eigenvalue weighted by Gasteiger charge is -2.06. The van der Waals surface area contributed by atoms with Gasteiger partial charge in [0.1, 0.15) is 10.4 Å². The maximum Gasteiger partial charge on any atom is 0.316 e. The van der Waals surface area contributed by atoms with Crippen molar-refractivity contribution in [3.05, 3.63) is 16.1 Å². The second-order valence-corrected chi connectivity index (χ2v) is 5.37. The monoisotopic (exact) mass is 226 g/mol. The Labute approximate surface area is 92.6 Å². The lowest BCUT2D eigenvalue weighted by atomic mass is 10.1. The van der Waals surface area contributed by atoms with Crippen LogP contribution in [0.15, 0.2) is 6.20 Å². The number of aliphatic carboxylic acids is 1. The van der Waals surface area contributed by atoms with Gasteiger partial charge in [0.15, 0.2) is 0 Å². The van der Waals surface area contributed by atoms with E-state index in [4.69, 9.17) is 5.11 Å². The fraction of sp³-hybridized carbons (Fsp3) is 0.600. The van der Waals surface area contributed by atoms with E-state index in [1.807, 2.05) is 14.1 Å². The van der Waals surface area contributed by atoms with Gasteiger partial charge in [-0.2, -0.15) is 0 Å². The Hall–Kier alpha value is -0.940. The molecule has 4 nitrogen and oxygen atoms in total. The third-order valence-corrected chi connectivity index (χ3v) is 3.78. The van der Waals surface area contributed by atoms with Crippen LogP contribution in [-0.2, 0) is 16.8 Å². The van der Waals surface area contributed by atoms with Crippen LogP contribution in [0.2, 0.25) is 0 Å². The lowest BCUT2D eigenvalue weighted by Crippen LogP contribution is -2.18. The van der Waals surface area contributed by atoms with Gasteiger partial charge in [-0.3, -0.25) is 4.79 Å². The van der Waals surface area contributed by atoms with Crippen LogP contribution in [0, 0.1) is 0 Å². The highest BCUT2D eigenvalue weighted by molar-refractivity contribution is 7.11. The van der Waals surface area contributed by atoms with E-state index >= 15 is 0 Å². The van der Waals surface area contributed by atoms with Gasteiger partial charge in [0.25, 0.3) is 0 Å². The van der Waals surface area contributed by atoms with E-state index < -0.39 is 11.4 Å². The number of carbonyl (C=O) groups is 1. The molecule has 0 amide bonds. The predicted molar refractivity (Wildman–Crippen MR) is 58.1 cm³/mol. The van der Waals surface area contributed by atoms with Crippen LogP contribution in [0.4, 0.5) is 0 Å². The first kappa shape index (κ1) is 10.6. The topological polar surface area (TPSA) is 53.4 Å². The number of thiazole rings is 1. The van der Waals surface area contributed by atoms with Crippen LogP contribution in [0.25, 0.3) is 0 Å². The normalized spacial score (nSPS) is 18.1. The van der Waals surface area contributed by atoms with Gasteiger partial charge in [0, 0.05) is 17.6 Å². The van der Waals surface area contributed by atoms with Crippen LogP contribution in [0.1, 0.15) is 22.7 Å². The van der Waals surface area contributed by atoms with E-state index in [-0.39, 0.29) is 0 Å². The number of aromatic nitrogens is 1. The maximum atomic E-state index is 11.1. The number of rotatable bonds is 4. The highest BCUT2D eigenvalue weighted by Gasteiger charge is 2.54. The second-order valence-electron chi connectivity index (χ2n) is 4.26. The van der Waals surface area contributed by atoms with E-state index in [1.165, 1.54) is 11.3 Å². The van der Waals surface area contributed by atoms with Gasteiger partial charge in [-0.15, -0.1) is 11.3 Å². The van der Waals surface area contributed by atoms with Gasteiger partial charge < -0.3 is 10.0 Å². The number of carboxylic acid groups (broad SMARTS) is 1. The van der Waals surface area contributed by atoms with Crippen molar-refractivity contribution in [2.75, 3.05) is 14.1 Å². The Morgan fingerprint density at radius 2 is 2.33 bits per heavy atom. The third kappa shape index (κ3) is 1.89. The minimum absolute atomic E-state index is 0.644. The van der Waals surface area contributed by atoms with Gasteiger partial charge >= 0.3 is 5.97 Å². The van der Waals surface area contributed by atoms with E-state index in [2.05, 4.69) is 9.88 Å². The molecule has 1 aromatic heterocycles. The van der Waals surface area contributed by atoms with Crippen LogP contribution < -0.4 is 0 Å². The molecule has 15 heavy (non-hydrogen) atoms. The summed E-state index contributed by atoms with van der Waals surface area (Å²) in [6.45, 7) is 0.827. The average molecular weight is 226 g/mol. The molecule has 82 valence electrons. The molecule has 1 N–H and O–H groups in total. The van der Waals surface area contributed by atoms with E-state index in [0.717, 1.165) is 29.3 Å². The smallest absolute Gasteiger partial charge is 0.316 e. The summed E-state index contributed by atoms with van der Waals surface area (Å²) in [7, 11) is 3.98. The summed E-state index contributed by atoms with van der Waals surface area (Å²) in [6, 6.07) is 0. The number of carboxylic acids is 1. The molecule has 1 aliphatic carbocycles. The molecule has 0 spiro atoms. The van der Waals surface area contributed by atoms with Crippen molar-refractivity contribution in [1.29, 1.82) is 0 Å². The van der Waals surface area contributed by atoms with Crippen molar-refractivity contribution in [2.45, 2.75) is 24.8 Å². The van der Waals surface area contributed by atoms with Gasteiger partial charge in [-0.05, 0) is 26.9 Å². The van der Waals surface area contributed by atoms with Crippen molar-refractivity contribution in [3.63, 3.8) is 0 Å². The van der Waals surface area contributed by atoms with Crippen molar-refractivity contribution in [3.8, 4) is 0 Å². The summed E-state index contributed by atoms with van der Waals surface area (Å²) in [4.78, 5) is 18.5. The SMILES string of the molecule is CN(C)Cc1cnc(C2(C(=O)O)CC2)s1. The maximum absolute atomic E-state index is 11.1. The van der Waals surface area contributed by atoms with E-state index in [0.29, 0.717) is 0 Å². The van der Waals surface area contributed by atoms with Crippen LogP contribution >= 0.6 is 11.3 Å². The molecular formula is C10H14N2O2S. The summed E-state index contributed by atoms with van der Waals surface area (Å²) in [6.07, 6.45) is 3.26. The summed E-state index contributed by atoms with van der Waals surface area (Å²) in [5.74, 6) is -0.728. The molecule has 1 aliphatic rings. The largest absolute Gasteiger partial charge is 0.481 e. The zero-order chi connectivity index (χ0) is 11.1. The van der Waals surface area contributed by atoms with Crippen LogP contribution in [0.3, 0.4) is 0 Å². The van der Waals surface area contributed by atoms with E-state index in [1.54, 1.807) is 6.20 Å². The summed E-state index contributed by atoms with van der Waals surface area (Å²) >= 11 is 1.53. The molecule has 0 bridgehead atoms.